The van der Waals surface area contributed by atoms with Crippen molar-refractivity contribution in [3.63, 3.8) is 0 Å². The maximum Gasteiger partial charge on any atom is 0.313 e. The van der Waals surface area contributed by atoms with Crippen LogP contribution in [0.25, 0.3) is 0 Å². The van der Waals surface area contributed by atoms with Gasteiger partial charge in [0.1, 0.15) is 0 Å². The van der Waals surface area contributed by atoms with Crippen LogP contribution >= 0.6 is 11.6 Å². The minimum atomic E-state index is -0.963. The van der Waals surface area contributed by atoms with Crippen LogP contribution in [0.3, 0.4) is 0 Å². The number of rotatable bonds is 7. The first-order valence-corrected chi connectivity index (χ1v) is 7.85. The Kier molecular flexibility index (Phi) is 7.35. The van der Waals surface area contributed by atoms with E-state index in [0.717, 1.165) is 12.8 Å². The number of amides is 2. The first-order chi connectivity index (χ1) is 10.4. The van der Waals surface area contributed by atoms with Crippen molar-refractivity contribution < 1.29 is 14.7 Å². The van der Waals surface area contributed by atoms with Crippen LogP contribution < -0.4 is 10.6 Å². The van der Waals surface area contributed by atoms with Gasteiger partial charge in [-0.1, -0.05) is 44.4 Å². The van der Waals surface area contributed by atoms with E-state index in [1.165, 1.54) is 0 Å². The lowest BCUT2D eigenvalue weighted by Crippen LogP contribution is -2.46. The lowest BCUT2D eigenvalue weighted by molar-refractivity contribution is -0.137. The third-order valence-electron chi connectivity index (χ3n) is 3.30. The van der Waals surface area contributed by atoms with Gasteiger partial charge in [-0.25, -0.2) is 0 Å². The molecule has 0 aliphatic carbocycles. The largest absolute Gasteiger partial charge is 0.388 e. The van der Waals surface area contributed by atoms with Gasteiger partial charge in [0, 0.05) is 17.3 Å². The number of anilines is 1. The van der Waals surface area contributed by atoms with Crippen LogP contribution in [0.4, 0.5) is 5.69 Å². The average molecular weight is 327 g/mol. The summed E-state index contributed by atoms with van der Waals surface area (Å²) in [5, 5.41) is 15.8. The normalized spacial score (nSPS) is 11.1. The molecule has 0 fully saturated rings. The van der Waals surface area contributed by atoms with Gasteiger partial charge in [-0.3, -0.25) is 9.59 Å². The topological polar surface area (TPSA) is 78.4 Å². The molecule has 0 unspecified atom stereocenters. The molecule has 0 bridgehead atoms. The zero-order valence-electron chi connectivity index (χ0n) is 13.0. The van der Waals surface area contributed by atoms with E-state index in [-0.39, 0.29) is 6.54 Å². The highest BCUT2D eigenvalue weighted by molar-refractivity contribution is 6.39. The van der Waals surface area contributed by atoms with Crippen molar-refractivity contribution >= 4 is 29.1 Å². The monoisotopic (exact) mass is 326 g/mol. The summed E-state index contributed by atoms with van der Waals surface area (Å²) in [6, 6.07) is 6.54. The van der Waals surface area contributed by atoms with Crippen molar-refractivity contribution in [2.24, 2.45) is 0 Å². The fourth-order valence-corrected chi connectivity index (χ4v) is 2.50. The molecule has 22 heavy (non-hydrogen) atoms. The second-order valence-electron chi connectivity index (χ2n) is 5.37. The Labute approximate surface area is 136 Å². The first-order valence-electron chi connectivity index (χ1n) is 7.47. The molecule has 0 aromatic heterocycles. The second-order valence-corrected chi connectivity index (χ2v) is 5.81. The molecular weight excluding hydrogens is 304 g/mol. The van der Waals surface area contributed by atoms with Crippen molar-refractivity contribution in [2.75, 3.05) is 11.9 Å². The molecule has 3 N–H and O–H groups in total. The first kappa shape index (κ1) is 18.5. The van der Waals surface area contributed by atoms with Crippen LogP contribution in [-0.2, 0) is 9.59 Å². The molecule has 0 radical (unpaired) electrons. The van der Waals surface area contributed by atoms with E-state index in [4.69, 9.17) is 11.6 Å². The Bertz CT molecular complexity index is 514. The molecular formula is C16H23ClN2O3. The number of hydrogen-bond acceptors (Lipinski definition) is 3. The van der Waals surface area contributed by atoms with Crippen molar-refractivity contribution in [1.29, 1.82) is 0 Å². The average Bonchev–Trinajstić information content (AvgIpc) is 2.45. The van der Waals surface area contributed by atoms with Gasteiger partial charge in [0.15, 0.2) is 0 Å². The summed E-state index contributed by atoms with van der Waals surface area (Å²) >= 11 is 5.81. The molecule has 0 aliphatic heterocycles. The van der Waals surface area contributed by atoms with Crippen molar-refractivity contribution in [2.45, 2.75) is 45.1 Å². The number of carbonyl (C=O) groups is 2. The lowest BCUT2D eigenvalue weighted by Gasteiger charge is -2.27. The summed E-state index contributed by atoms with van der Waals surface area (Å²) in [7, 11) is 0. The fourth-order valence-electron chi connectivity index (χ4n) is 2.31. The van der Waals surface area contributed by atoms with E-state index < -0.39 is 17.4 Å². The molecule has 0 saturated heterocycles. The quantitative estimate of drug-likeness (QED) is 0.674. The van der Waals surface area contributed by atoms with Crippen LogP contribution in [0, 0.1) is 0 Å². The van der Waals surface area contributed by atoms with Crippen LogP contribution in [0.15, 0.2) is 24.3 Å². The standard InChI is InChI=1S/C16H23ClN2O3/c1-3-8-16(22,9-4-2)11-18-14(20)15(21)19-13-7-5-6-12(17)10-13/h5-7,10,22H,3-4,8-9,11H2,1-2H3,(H,18,20)(H,19,21). The smallest absolute Gasteiger partial charge is 0.313 e. The molecule has 1 rings (SSSR count). The number of benzene rings is 1. The van der Waals surface area contributed by atoms with Crippen molar-refractivity contribution in [1.82, 2.24) is 5.32 Å². The molecule has 0 saturated carbocycles. The molecule has 6 heteroatoms. The highest BCUT2D eigenvalue weighted by Gasteiger charge is 2.26. The van der Waals surface area contributed by atoms with Crippen LogP contribution in [0.5, 0.6) is 0 Å². The van der Waals surface area contributed by atoms with Crippen LogP contribution in [-0.4, -0.2) is 29.1 Å². The maximum absolute atomic E-state index is 11.8. The van der Waals surface area contributed by atoms with E-state index in [2.05, 4.69) is 10.6 Å². The van der Waals surface area contributed by atoms with Gasteiger partial charge in [0.05, 0.1) is 5.60 Å². The zero-order valence-corrected chi connectivity index (χ0v) is 13.7. The van der Waals surface area contributed by atoms with Gasteiger partial charge < -0.3 is 15.7 Å². The number of aliphatic hydroxyl groups is 1. The molecule has 0 aliphatic rings. The second kappa shape index (κ2) is 8.76. The number of hydrogen-bond donors (Lipinski definition) is 3. The van der Waals surface area contributed by atoms with Crippen molar-refractivity contribution in [3.05, 3.63) is 29.3 Å². The number of nitrogens with one attached hydrogen (secondary N) is 2. The SMILES string of the molecule is CCCC(O)(CCC)CNC(=O)C(=O)Nc1cccc(Cl)c1. The zero-order chi connectivity index (χ0) is 16.6. The number of carbonyl (C=O) groups excluding carboxylic acids is 2. The van der Waals surface area contributed by atoms with Gasteiger partial charge in [-0.05, 0) is 31.0 Å². The minimum Gasteiger partial charge on any atom is -0.388 e. The molecule has 0 heterocycles. The lowest BCUT2D eigenvalue weighted by atomic mass is 9.92. The fraction of sp³-hybridized carbons (Fsp3) is 0.500. The van der Waals surface area contributed by atoms with Gasteiger partial charge >= 0.3 is 11.8 Å². The Balaban J connectivity index is 2.55. The molecule has 2 amide bonds. The van der Waals surface area contributed by atoms with E-state index >= 15 is 0 Å². The molecule has 0 atom stereocenters. The van der Waals surface area contributed by atoms with Crippen LogP contribution in [0.2, 0.25) is 5.02 Å². The van der Waals surface area contributed by atoms with E-state index in [1.807, 2.05) is 13.8 Å². The summed E-state index contributed by atoms with van der Waals surface area (Å²) in [6.45, 7) is 4.00. The summed E-state index contributed by atoms with van der Waals surface area (Å²) in [4.78, 5) is 23.6. The maximum atomic E-state index is 11.8. The number of halogens is 1. The van der Waals surface area contributed by atoms with Gasteiger partial charge in [-0.15, -0.1) is 0 Å². The molecule has 1 aromatic rings. The molecule has 1 aromatic carbocycles. The van der Waals surface area contributed by atoms with E-state index in [0.29, 0.717) is 23.6 Å². The van der Waals surface area contributed by atoms with Crippen LogP contribution in [0.1, 0.15) is 39.5 Å². The predicted molar refractivity (Wildman–Crippen MR) is 87.9 cm³/mol. The van der Waals surface area contributed by atoms with Gasteiger partial charge in [-0.2, -0.15) is 0 Å². The summed E-state index contributed by atoms with van der Waals surface area (Å²) < 4.78 is 0. The Morgan fingerprint density at radius 1 is 1.18 bits per heavy atom. The summed E-state index contributed by atoms with van der Waals surface area (Å²) in [5.41, 5.74) is -0.514. The van der Waals surface area contributed by atoms with E-state index in [9.17, 15) is 14.7 Å². The predicted octanol–water partition coefficient (Wildman–Crippen LogP) is 2.73. The molecule has 0 spiro atoms. The summed E-state index contributed by atoms with van der Waals surface area (Å²) in [6.07, 6.45) is 2.77. The summed E-state index contributed by atoms with van der Waals surface area (Å²) in [5.74, 6) is -1.55. The highest BCUT2D eigenvalue weighted by Crippen LogP contribution is 2.18. The third-order valence-corrected chi connectivity index (χ3v) is 3.53. The minimum absolute atomic E-state index is 0.0660. The highest BCUT2D eigenvalue weighted by atomic mass is 35.5. The third kappa shape index (κ3) is 6.03. The Morgan fingerprint density at radius 3 is 2.36 bits per heavy atom. The van der Waals surface area contributed by atoms with Crippen molar-refractivity contribution in [3.8, 4) is 0 Å². The van der Waals surface area contributed by atoms with E-state index in [1.54, 1.807) is 24.3 Å². The Hall–Kier alpha value is -1.59. The molecule has 5 nitrogen and oxygen atoms in total. The molecule has 122 valence electrons. The van der Waals surface area contributed by atoms with Gasteiger partial charge in [0.2, 0.25) is 0 Å². The Morgan fingerprint density at radius 2 is 1.82 bits per heavy atom. The van der Waals surface area contributed by atoms with Gasteiger partial charge in [0.25, 0.3) is 0 Å².